The van der Waals surface area contributed by atoms with E-state index >= 15 is 0 Å². The number of aliphatic hydroxyl groups excluding tert-OH is 1. The number of halogens is 1. The Morgan fingerprint density at radius 1 is 1.29 bits per heavy atom. The molecular formula is C14H22ClNO. The van der Waals surface area contributed by atoms with Crippen LogP contribution < -0.4 is 0 Å². The molecule has 0 aliphatic heterocycles. The molecule has 0 aliphatic carbocycles. The monoisotopic (exact) mass is 255 g/mol. The summed E-state index contributed by atoms with van der Waals surface area (Å²) < 4.78 is 0. The van der Waals surface area contributed by atoms with Gasteiger partial charge in [-0.05, 0) is 45.1 Å². The van der Waals surface area contributed by atoms with Crippen LogP contribution in [0.5, 0.6) is 0 Å². The van der Waals surface area contributed by atoms with Crippen molar-refractivity contribution in [3.63, 3.8) is 0 Å². The molecule has 2 nitrogen and oxygen atoms in total. The molecule has 0 saturated carbocycles. The molecule has 1 N–H and O–H groups in total. The van der Waals surface area contributed by atoms with Gasteiger partial charge in [-0.2, -0.15) is 0 Å². The van der Waals surface area contributed by atoms with E-state index in [1.807, 2.05) is 38.4 Å². The van der Waals surface area contributed by atoms with Crippen LogP contribution in [0.3, 0.4) is 0 Å². The molecule has 0 heterocycles. The van der Waals surface area contributed by atoms with Gasteiger partial charge in [-0.15, -0.1) is 0 Å². The van der Waals surface area contributed by atoms with Crippen molar-refractivity contribution in [1.29, 1.82) is 0 Å². The Balaban J connectivity index is 2.77. The predicted octanol–water partition coefficient (Wildman–Crippen LogP) is 2.97. The predicted molar refractivity (Wildman–Crippen MR) is 73.5 cm³/mol. The van der Waals surface area contributed by atoms with E-state index < -0.39 is 0 Å². The van der Waals surface area contributed by atoms with Gasteiger partial charge in [0.1, 0.15) is 0 Å². The van der Waals surface area contributed by atoms with Crippen LogP contribution in [0.1, 0.15) is 25.8 Å². The second kappa shape index (κ2) is 5.85. The molecule has 0 amide bonds. The van der Waals surface area contributed by atoms with Gasteiger partial charge in [0.2, 0.25) is 0 Å². The molecule has 17 heavy (non-hydrogen) atoms. The van der Waals surface area contributed by atoms with Crippen LogP contribution in [0, 0.1) is 0 Å². The van der Waals surface area contributed by atoms with Crippen LogP contribution in [0.4, 0.5) is 0 Å². The molecule has 1 rings (SSSR count). The molecule has 2 unspecified atom stereocenters. The second-order valence-electron chi connectivity index (χ2n) is 4.95. The zero-order valence-corrected chi connectivity index (χ0v) is 11.8. The van der Waals surface area contributed by atoms with Gasteiger partial charge < -0.3 is 10.0 Å². The minimum Gasteiger partial charge on any atom is -0.391 e. The van der Waals surface area contributed by atoms with Crippen molar-refractivity contribution in [2.24, 2.45) is 0 Å². The van der Waals surface area contributed by atoms with E-state index in [9.17, 15) is 5.11 Å². The molecule has 2 atom stereocenters. The first-order chi connectivity index (χ1) is 7.90. The molecule has 1 aromatic rings. The summed E-state index contributed by atoms with van der Waals surface area (Å²) in [6, 6.07) is 7.67. The van der Waals surface area contributed by atoms with Crippen molar-refractivity contribution in [2.45, 2.75) is 38.3 Å². The SMILES string of the molecule is CCC(C)(C(O)Cc1ccc(Cl)cc1)N(C)C. The number of aliphatic hydroxyl groups is 1. The largest absolute Gasteiger partial charge is 0.391 e. The third-order valence-corrected chi connectivity index (χ3v) is 4.05. The highest BCUT2D eigenvalue weighted by molar-refractivity contribution is 6.30. The fourth-order valence-electron chi connectivity index (χ4n) is 1.91. The Hall–Kier alpha value is -0.570. The van der Waals surface area contributed by atoms with Crippen LogP contribution in [-0.2, 0) is 6.42 Å². The third kappa shape index (κ3) is 3.44. The van der Waals surface area contributed by atoms with Crippen molar-refractivity contribution in [2.75, 3.05) is 14.1 Å². The molecule has 0 fully saturated rings. The zero-order chi connectivity index (χ0) is 13.1. The smallest absolute Gasteiger partial charge is 0.0761 e. The summed E-state index contributed by atoms with van der Waals surface area (Å²) in [6.45, 7) is 4.19. The minimum atomic E-state index is -0.385. The van der Waals surface area contributed by atoms with Crippen molar-refractivity contribution in [3.05, 3.63) is 34.9 Å². The quantitative estimate of drug-likeness (QED) is 0.875. The van der Waals surface area contributed by atoms with Gasteiger partial charge in [-0.25, -0.2) is 0 Å². The summed E-state index contributed by atoms with van der Waals surface area (Å²) in [5.74, 6) is 0. The fourth-order valence-corrected chi connectivity index (χ4v) is 2.04. The van der Waals surface area contributed by atoms with Crippen LogP contribution in [0.25, 0.3) is 0 Å². The molecule has 0 saturated heterocycles. The lowest BCUT2D eigenvalue weighted by molar-refractivity contribution is 0.00301. The maximum atomic E-state index is 10.4. The normalized spacial score (nSPS) is 16.9. The number of nitrogens with zero attached hydrogens (tertiary/aromatic N) is 1. The van der Waals surface area contributed by atoms with Gasteiger partial charge in [0.05, 0.1) is 6.10 Å². The summed E-state index contributed by atoms with van der Waals surface area (Å²) >= 11 is 5.85. The molecule has 1 aromatic carbocycles. The molecule has 0 aromatic heterocycles. The first-order valence-electron chi connectivity index (χ1n) is 6.00. The number of hydrogen-bond acceptors (Lipinski definition) is 2. The van der Waals surface area contributed by atoms with E-state index in [-0.39, 0.29) is 11.6 Å². The topological polar surface area (TPSA) is 23.5 Å². The van der Waals surface area contributed by atoms with Crippen LogP contribution in [-0.4, -0.2) is 35.7 Å². The van der Waals surface area contributed by atoms with Gasteiger partial charge >= 0.3 is 0 Å². The molecule has 0 bridgehead atoms. The Labute approximate surface area is 109 Å². The maximum absolute atomic E-state index is 10.4. The van der Waals surface area contributed by atoms with E-state index in [0.717, 1.165) is 17.0 Å². The number of hydrogen-bond donors (Lipinski definition) is 1. The standard InChI is InChI=1S/C14H22ClNO/c1-5-14(2,16(3)4)13(17)10-11-6-8-12(15)9-7-11/h6-9,13,17H,5,10H2,1-4H3. The van der Waals surface area contributed by atoms with Crippen molar-refractivity contribution >= 4 is 11.6 Å². The van der Waals surface area contributed by atoms with Gasteiger partial charge in [-0.3, -0.25) is 0 Å². The highest BCUT2D eigenvalue weighted by atomic mass is 35.5. The van der Waals surface area contributed by atoms with E-state index in [2.05, 4.69) is 18.7 Å². The number of benzene rings is 1. The minimum absolute atomic E-state index is 0.195. The van der Waals surface area contributed by atoms with Gasteiger partial charge in [-0.1, -0.05) is 30.7 Å². The highest BCUT2D eigenvalue weighted by Crippen LogP contribution is 2.24. The third-order valence-electron chi connectivity index (χ3n) is 3.80. The first kappa shape index (κ1) is 14.5. The lowest BCUT2D eigenvalue weighted by atomic mass is 9.86. The van der Waals surface area contributed by atoms with Gasteiger partial charge in [0.15, 0.2) is 0 Å². The number of likely N-dealkylation sites (N-methyl/N-ethyl adjacent to an activating group) is 1. The van der Waals surface area contributed by atoms with Crippen molar-refractivity contribution < 1.29 is 5.11 Å². The van der Waals surface area contributed by atoms with Gasteiger partial charge in [0.25, 0.3) is 0 Å². The molecule has 3 heteroatoms. The van der Waals surface area contributed by atoms with E-state index in [1.165, 1.54) is 0 Å². The van der Waals surface area contributed by atoms with Crippen LogP contribution >= 0.6 is 11.6 Å². The lowest BCUT2D eigenvalue weighted by Crippen LogP contribution is -2.51. The van der Waals surface area contributed by atoms with Crippen molar-refractivity contribution in [3.8, 4) is 0 Å². The molecular weight excluding hydrogens is 234 g/mol. The van der Waals surface area contributed by atoms with E-state index in [1.54, 1.807) is 0 Å². The summed E-state index contributed by atoms with van der Waals surface area (Å²) in [6.07, 6.45) is 1.18. The zero-order valence-electron chi connectivity index (χ0n) is 11.1. The molecule has 96 valence electrons. The lowest BCUT2D eigenvalue weighted by Gasteiger charge is -2.40. The molecule has 0 aliphatic rings. The summed E-state index contributed by atoms with van der Waals surface area (Å²) in [5, 5.41) is 11.1. The van der Waals surface area contributed by atoms with Crippen LogP contribution in [0.15, 0.2) is 24.3 Å². The molecule has 0 spiro atoms. The number of rotatable bonds is 5. The summed E-state index contributed by atoms with van der Waals surface area (Å²) in [7, 11) is 4.02. The Kier molecular flexibility index (Phi) is 4.99. The van der Waals surface area contributed by atoms with E-state index in [0.29, 0.717) is 6.42 Å². The Morgan fingerprint density at radius 3 is 2.24 bits per heavy atom. The summed E-state index contributed by atoms with van der Waals surface area (Å²) in [5.41, 5.74) is 0.919. The fraction of sp³-hybridized carbons (Fsp3) is 0.571. The molecule has 0 radical (unpaired) electrons. The van der Waals surface area contributed by atoms with Gasteiger partial charge in [0, 0.05) is 17.0 Å². The maximum Gasteiger partial charge on any atom is 0.0761 e. The van der Waals surface area contributed by atoms with Crippen LogP contribution in [0.2, 0.25) is 5.02 Å². The van der Waals surface area contributed by atoms with Crippen molar-refractivity contribution in [1.82, 2.24) is 4.90 Å². The first-order valence-corrected chi connectivity index (χ1v) is 6.38. The Bertz CT molecular complexity index is 350. The second-order valence-corrected chi connectivity index (χ2v) is 5.39. The highest BCUT2D eigenvalue weighted by Gasteiger charge is 2.33. The van der Waals surface area contributed by atoms with E-state index in [4.69, 9.17) is 11.6 Å². The summed E-state index contributed by atoms with van der Waals surface area (Å²) in [4.78, 5) is 2.09. The average molecular weight is 256 g/mol. The Morgan fingerprint density at radius 2 is 1.82 bits per heavy atom. The average Bonchev–Trinajstić information content (AvgIpc) is 2.30.